The maximum atomic E-state index is 9.78. The fraction of sp³-hybridized carbons (Fsp3) is 1.00. The first kappa shape index (κ1) is 14.2. The van der Waals surface area contributed by atoms with Crippen LogP contribution in [0.25, 0.3) is 0 Å². The molecule has 0 radical (unpaired) electrons. The summed E-state index contributed by atoms with van der Waals surface area (Å²) in [5, 5.41) is 9.99. The van der Waals surface area contributed by atoms with Gasteiger partial charge in [0, 0.05) is 6.61 Å². The molecular formula is C12H26O3Si. The average Bonchev–Trinajstić information content (AvgIpc) is 2.15. The molecule has 96 valence electrons. The third-order valence-corrected chi connectivity index (χ3v) is 8.32. The van der Waals surface area contributed by atoms with Gasteiger partial charge in [-0.3, -0.25) is 0 Å². The second-order valence-corrected chi connectivity index (χ2v) is 11.0. The predicted octanol–water partition coefficient (Wildman–Crippen LogP) is 2.55. The first-order chi connectivity index (χ1) is 7.24. The van der Waals surface area contributed by atoms with Gasteiger partial charge in [0.15, 0.2) is 8.32 Å². The lowest BCUT2D eigenvalue weighted by Crippen LogP contribution is -2.46. The standard InChI is InChI=1S/C12H26O3Si/c1-12(2,3)16(4,5)15-9-11-10(13)7-6-8-14-11/h10-11,13H,6-9H2,1-5H3/t10-,11-/m1/s1. The maximum absolute atomic E-state index is 9.78. The van der Waals surface area contributed by atoms with Gasteiger partial charge >= 0.3 is 0 Å². The Bertz CT molecular complexity index is 223. The van der Waals surface area contributed by atoms with E-state index in [1.54, 1.807) is 0 Å². The normalized spacial score (nSPS) is 28.1. The Morgan fingerprint density at radius 2 is 2.00 bits per heavy atom. The largest absolute Gasteiger partial charge is 0.414 e. The topological polar surface area (TPSA) is 38.7 Å². The smallest absolute Gasteiger partial charge is 0.192 e. The van der Waals surface area contributed by atoms with Crippen molar-refractivity contribution in [3.05, 3.63) is 0 Å². The van der Waals surface area contributed by atoms with Crippen molar-refractivity contribution >= 4 is 8.32 Å². The van der Waals surface area contributed by atoms with Crippen LogP contribution in [0.2, 0.25) is 18.1 Å². The second-order valence-electron chi connectivity index (χ2n) is 6.19. The first-order valence-corrected chi connectivity index (χ1v) is 9.08. The van der Waals surface area contributed by atoms with Crippen molar-refractivity contribution in [3.63, 3.8) is 0 Å². The summed E-state index contributed by atoms with van der Waals surface area (Å²) in [6.45, 7) is 12.4. The van der Waals surface area contributed by atoms with Crippen LogP contribution in [-0.4, -0.2) is 38.8 Å². The third-order valence-electron chi connectivity index (χ3n) is 3.82. The van der Waals surface area contributed by atoms with Crippen molar-refractivity contribution in [1.82, 2.24) is 0 Å². The van der Waals surface area contributed by atoms with Gasteiger partial charge < -0.3 is 14.3 Å². The van der Waals surface area contributed by atoms with E-state index in [0.29, 0.717) is 6.61 Å². The average molecular weight is 246 g/mol. The minimum Gasteiger partial charge on any atom is -0.414 e. The fourth-order valence-electron chi connectivity index (χ4n) is 1.49. The molecule has 0 aromatic rings. The van der Waals surface area contributed by atoms with Gasteiger partial charge in [0.25, 0.3) is 0 Å². The van der Waals surface area contributed by atoms with Crippen molar-refractivity contribution in [2.24, 2.45) is 0 Å². The molecule has 1 aliphatic heterocycles. The van der Waals surface area contributed by atoms with E-state index in [2.05, 4.69) is 33.9 Å². The highest BCUT2D eigenvalue weighted by Gasteiger charge is 2.38. The van der Waals surface area contributed by atoms with E-state index >= 15 is 0 Å². The minimum absolute atomic E-state index is 0.122. The van der Waals surface area contributed by atoms with Gasteiger partial charge in [0.05, 0.1) is 12.7 Å². The molecule has 16 heavy (non-hydrogen) atoms. The number of hydrogen-bond donors (Lipinski definition) is 1. The molecule has 1 N–H and O–H groups in total. The van der Waals surface area contributed by atoms with Gasteiger partial charge in [-0.2, -0.15) is 0 Å². The molecule has 0 amide bonds. The van der Waals surface area contributed by atoms with E-state index in [9.17, 15) is 5.11 Å². The lowest BCUT2D eigenvalue weighted by Gasteiger charge is -2.38. The Morgan fingerprint density at radius 1 is 1.38 bits per heavy atom. The molecule has 1 heterocycles. The molecule has 0 aromatic carbocycles. The summed E-state index contributed by atoms with van der Waals surface area (Å²) < 4.78 is 11.6. The molecule has 1 aliphatic rings. The lowest BCUT2D eigenvalue weighted by molar-refractivity contribution is -0.0918. The summed E-state index contributed by atoms with van der Waals surface area (Å²) in [5.41, 5.74) is 0. The van der Waals surface area contributed by atoms with E-state index < -0.39 is 8.32 Å². The first-order valence-electron chi connectivity index (χ1n) is 6.18. The summed E-state index contributed by atoms with van der Waals surface area (Å²) in [6.07, 6.45) is 1.32. The van der Waals surface area contributed by atoms with Crippen LogP contribution < -0.4 is 0 Å². The zero-order valence-electron chi connectivity index (χ0n) is 11.2. The maximum Gasteiger partial charge on any atom is 0.192 e. The molecule has 1 rings (SSSR count). The molecular weight excluding hydrogens is 220 g/mol. The summed E-state index contributed by atoms with van der Waals surface area (Å²) in [4.78, 5) is 0. The number of rotatable bonds is 3. The van der Waals surface area contributed by atoms with Gasteiger partial charge in [0.2, 0.25) is 0 Å². The van der Waals surface area contributed by atoms with Crippen LogP contribution in [-0.2, 0) is 9.16 Å². The van der Waals surface area contributed by atoms with Gasteiger partial charge in [-0.15, -0.1) is 0 Å². The van der Waals surface area contributed by atoms with Crippen LogP contribution in [0.5, 0.6) is 0 Å². The molecule has 1 fully saturated rings. The molecule has 3 nitrogen and oxygen atoms in total. The van der Waals surface area contributed by atoms with Crippen LogP contribution in [0.15, 0.2) is 0 Å². The molecule has 4 heteroatoms. The van der Waals surface area contributed by atoms with Crippen molar-refractivity contribution in [2.45, 2.75) is 64.0 Å². The number of ether oxygens (including phenoxy) is 1. The Labute approximate surface area is 100 Å². The Morgan fingerprint density at radius 3 is 2.50 bits per heavy atom. The van der Waals surface area contributed by atoms with Crippen LogP contribution in [0.4, 0.5) is 0 Å². The van der Waals surface area contributed by atoms with Crippen molar-refractivity contribution < 1.29 is 14.3 Å². The highest BCUT2D eigenvalue weighted by atomic mass is 28.4. The predicted molar refractivity (Wildman–Crippen MR) is 68.1 cm³/mol. The lowest BCUT2D eigenvalue weighted by atomic mass is 10.1. The Balaban J connectivity index is 2.44. The second kappa shape index (κ2) is 5.17. The molecule has 0 aromatic heterocycles. The zero-order valence-corrected chi connectivity index (χ0v) is 12.2. The van der Waals surface area contributed by atoms with Crippen LogP contribution in [0.3, 0.4) is 0 Å². The fourth-order valence-corrected chi connectivity index (χ4v) is 2.50. The third kappa shape index (κ3) is 3.55. The monoisotopic (exact) mass is 246 g/mol. The van der Waals surface area contributed by atoms with E-state index in [1.807, 2.05) is 0 Å². The summed E-state index contributed by atoms with van der Waals surface area (Å²) in [7, 11) is -1.71. The summed E-state index contributed by atoms with van der Waals surface area (Å²) in [6, 6.07) is 0. The number of aliphatic hydroxyl groups excluding tert-OH is 1. The van der Waals surface area contributed by atoms with E-state index in [1.165, 1.54) is 0 Å². The van der Waals surface area contributed by atoms with Crippen LogP contribution in [0.1, 0.15) is 33.6 Å². The molecule has 0 bridgehead atoms. The van der Waals surface area contributed by atoms with Gasteiger partial charge in [0.1, 0.15) is 6.10 Å². The highest BCUT2D eigenvalue weighted by molar-refractivity contribution is 6.74. The molecule has 2 atom stereocenters. The number of aliphatic hydroxyl groups is 1. The van der Waals surface area contributed by atoms with Crippen LogP contribution in [0, 0.1) is 0 Å². The van der Waals surface area contributed by atoms with E-state index in [4.69, 9.17) is 9.16 Å². The van der Waals surface area contributed by atoms with E-state index in [-0.39, 0.29) is 17.2 Å². The van der Waals surface area contributed by atoms with Crippen molar-refractivity contribution in [3.8, 4) is 0 Å². The van der Waals surface area contributed by atoms with Crippen molar-refractivity contribution in [1.29, 1.82) is 0 Å². The Hall–Kier alpha value is 0.0969. The van der Waals surface area contributed by atoms with Gasteiger partial charge in [-0.25, -0.2) is 0 Å². The Kier molecular flexibility index (Phi) is 4.57. The zero-order chi connectivity index (χ0) is 12.4. The molecule has 0 saturated carbocycles. The van der Waals surface area contributed by atoms with Crippen LogP contribution >= 0.6 is 0 Å². The SMILES string of the molecule is CC(C)(C)[Si](C)(C)OC[C@H]1OCCC[C@H]1O. The molecule has 0 aliphatic carbocycles. The molecule has 1 saturated heterocycles. The minimum atomic E-state index is -1.71. The molecule has 0 spiro atoms. The quantitative estimate of drug-likeness (QED) is 0.778. The van der Waals surface area contributed by atoms with Gasteiger partial charge in [-0.05, 0) is 31.0 Å². The van der Waals surface area contributed by atoms with E-state index in [0.717, 1.165) is 19.4 Å². The molecule has 0 unspecified atom stereocenters. The summed E-state index contributed by atoms with van der Waals surface area (Å²) in [5.74, 6) is 0. The highest BCUT2D eigenvalue weighted by Crippen LogP contribution is 2.36. The van der Waals surface area contributed by atoms with Gasteiger partial charge in [-0.1, -0.05) is 20.8 Å². The van der Waals surface area contributed by atoms with Crippen molar-refractivity contribution in [2.75, 3.05) is 13.2 Å². The summed E-state index contributed by atoms with van der Waals surface area (Å²) >= 11 is 0. The number of hydrogen-bond acceptors (Lipinski definition) is 3.